The van der Waals surface area contributed by atoms with E-state index in [0.29, 0.717) is 0 Å². The molecule has 0 atom stereocenters. The van der Waals surface area contributed by atoms with E-state index in [2.05, 4.69) is 57.3 Å². The van der Waals surface area contributed by atoms with Gasteiger partial charge in [0.15, 0.2) is 0 Å². The van der Waals surface area contributed by atoms with Crippen molar-refractivity contribution in [2.75, 3.05) is 0 Å². The maximum atomic E-state index is 8.89. The third-order valence-corrected chi connectivity index (χ3v) is 4.92. The van der Waals surface area contributed by atoms with Crippen LogP contribution in [0.25, 0.3) is 10.1 Å². The first kappa shape index (κ1) is 9.68. The van der Waals surface area contributed by atoms with Crippen molar-refractivity contribution in [3.63, 3.8) is 0 Å². The van der Waals surface area contributed by atoms with E-state index >= 15 is 0 Å². The first-order valence-electron chi connectivity index (χ1n) is 3.50. The van der Waals surface area contributed by atoms with Gasteiger partial charge in [-0.3, -0.25) is 0 Å². The van der Waals surface area contributed by atoms with Gasteiger partial charge in [0.25, 0.3) is 0 Å². The minimum absolute atomic E-state index is 0.773. The number of hydrogen-bond donors (Lipinski definition) is 0. The van der Waals surface area contributed by atoms with Gasteiger partial charge in [-0.15, -0.1) is 11.3 Å². The summed E-state index contributed by atoms with van der Waals surface area (Å²) < 4.78 is 3.68. The topological polar surface area (TPSA) is 23.8 Å². The Bertz CT molecular complexity index is 510. The molecule has 0 spiro atoms. The Morgan fingerprint density at radius 2 is 2.08 bits per heavy atom. The van der Waals surface area contributed by atoms with Crippen molar-refractivity contribution < 1.29 is 0 Å². The summed E-state index contributed by atoms with van der Waals surface area (Å²) >= 11 is 6.33. The molecule has 4 heteroatoms. The van der Waals surface area contributed by atoms with Gasteiger partial charge in [-0.05, 0) is 63.4 Å². The van der Waals surface area contributed by atoms with Crippen molar-refractivity contribution in [3.8, 4) is 6.07 Å². The van der Waals surface area contributed by atoms with Gasteiger partial charge in [0, 0.05) is 8.96 Å². The van der Waals surface area contributed by atoms with Crippen LogP contribution in [0.1, 0.15) is 5.56 Å². The molecule has 0 saturated carbocycles. The van der Waals surface area contributed by atoms with Gasteiger partial charge in [-0.25, -0.2) is 0 Å². The zero-order valence-corrected chi connectivity index (χ0v) is 11.5. The highest BCUT2D eigenvalue weighted by molar-refractivity contribution is 14.1. The van der Waals surface area contributed by atoms with E-state index in [1.54, 1.807) is 11.3 Å². The van der Waals surface area contributed by atoms with Crippen LogP contribution >= 0.6 is 56.5 Å². The van der Waals surface area contributed by atoms with Crippen LogP contribution in [0.2, 0.25) is 0 Å². The summed E-state index contributed by atoms with van der Waals surface area (Å²) in [7, 11) is 0. The number of nitrogens with zero attached hydrogens (tertiary/aromatic N) is 1. The molecule has 0 fully saturated rings. The zero-order chi connectivity index (χ0) is 9.42. The lowest BCUT2D eigenvalue weighted by molar-refractivity contribution is 1.50. The van der Waals surface area contributed by atoms with Crippen LogP contribution in [-0.2, 0) is 0 Å². The van der Waals surface area contributed by atoms with E-state index < -0.39 is 0 Å². The number of rotatable bonds is 0. The van der Waals surface area contributed by atoms with Gasteiger partial charge in [-0.2, -0.15) is 5.26 Å². The summed E-state index contributed by atoms with van der Waals surface area (Å²) in [6, 6.07) is 8.16. The first-order valence-corrected chi connectivity index (χ1v) is 6.47. The molecule has 13 heavy (non-hydrogen) atoms. The third-order valence-electron chi connectivity index (χ3n) is 1.73. The highest BCUT2D eigenvalue weighted by Crippen LogP contribution is 2.32. The summed E-state index contributed by atoms with van der Waals surface area (Å²) in [4.78, 5) is 0. The smallest absolute Gasteiger partial charge is 0.0998 e. The molecule has 2 rings (SSSR count). The quantitative estimate of drug-likeness (QED) is 0.602. The average molecular weight is 411 g/mol. The zero-order valence-electron chi connectivity index (χ0n) is 6.34. The molecule has 0 radical (unpaired) electrons. The maximum Gasteiger partial charge on any atom is 0.0998 e. The van der Waals surface area contributed by atoms with Gasteiger partial charge in [0.2, 0.25) is 0 Å². The Balaban J connectivity index is 2.94. The van der Waals surface area contributed by atoms with E-state index in [-0.39, 0.29) is 0 Å². The van der Waals surface area contributed by atoms with Gasteiger partial charge < -0.3 is 0 Å². The Labute approximate surface area is 107 Å². The SMILES string of the molecule is N#Cc1ccc(I)c2sc(I)cc12. The molecule has 0 aliphatic carbocycles. The fourth-order valence-corrected chi connectivity index (χ4v) is 3.75. The molecule has 0 aliphatic rings. The van der Waals surface area contributed by atoms with Crippen molar-refractivity contribution in [3.05, 3.63) is 30.2 Å². The Hall–Kier alpha value is 0.130. The molecule has 0 bridgehead atoms. The minimum Gasteiger partial charge on any atom is -0.192 e. The number of halogens is 2. The van der Waals surface area contributed by atoms with Crippen LogP contribution in [-0.4, -0.2) is 0 Å². The highest BCUT2D eigenvalue weighted by Gasteiger charge is 2.07. The van der Waals surface area contributed by atoms with Crippen LogP contribution in [0, 0.1) is 17.8 Å². The molecule has 0 N–H and O–H groups in total. The molecule has 2 aromatic rings. The lowest BCUT2D eigenvalue weighted by atomic mass is 10.1. The second-order valence-electron chi connectivity index (χ2n) is 2.50. The molecular weight excluding hydrogens is 408 g/mol. The summed E-state index contributed by atoms with van der Waals surface area (Å²) in [5.74, 6) is 0. The lowest BCUT2D eigenvalue weighted by Crippen LogP contribution is -1.76. The second kappa shape index (κ2) is 3.71. The van der Waals surface area contributed by atoms with E-state index in [0.717, 1.165) is 10.9 Å². The van der Waals surface area contributed by atoms with E-state index in [9.17, 15) is 0 Å². The summed E-state index contributed by atoms with van der Waals surface area (Å²) in [6.45, 7) is 0. The van der Waals surface area contributed by atoms with E-state index in [4.69, 9.17) is 5.26 Å². The van der Waals surface area contributed by atoms with Gasteiger partial charge in [0.1, 0.15) is 0 Å². The molecule has 1 aromatic heterocycles. The predicted octanol–water partition coefficient (Wildman–Crippen LogP) is 3.98. The summed E-state index contributed by atoms with van der Waals surface area (Å²) in [5.41, 5.74) is 0.773. The molecule has 1 nitrogen and oxygen atoms in total. The van der Waals surface area contributed by atoms with Gasteiger partial charge >= 0.3 is 0 Å². The molecule has 0 unspecified atom stereocenters. The molecule has 0 saturated heterocycles. The predicted molar refractivity (Wildman–Crippen MR) is 72.0 cm³/mol. The van der Waals surface area contributed by atoms with Crippen molar-refractivity contribution in [2.24, 2.45) is 0 Å². The van der Waals surface area contributed by atoms with Gasteiger partial charge in [-0.1, -0.05) is 0 Å². The lowest BCUT2D eigenvalue weighted by Gasteiger charge is -1.94. The molecule has 0 aliphatic heterocycles. The number of benzene rings is 1. The summed E-state index contributed by atoms with van der Waals surface area (Å²) in [6.07, 6.45) is 0. The van der Waals surface area contributed by atoms with Gasteiger partial charge in [0.05, 0.1) is 19.2 Å². The van der Waals surface area contributed by atoms with Crippen LogP contribution < -0.4 is 0 Å². The number of hydrogen-bond acceptors (Lipinski definition) is 2. The maximum absolute atomic E-state index is 8.89. The average Bonchev–Trinajstić information content (AvgIpc) is 2.48. The van der Waals surface area contributed by atoms with Crippen molar-refractivity contribution in [1.29, 1.82) is 5.26 Å². The largest absolute Gasteiger partial charge is 0.192 e. The van der Waals surface area contributed by atoms with Crippen molar-refractivity contribution >= 4 is 66.6 Å². The van der Waals surface area contributed by atoms with Crippen LogP contribution in [0.3, 0.4) is 0 Å². The van der Waals surface area contributed by atoms with Crippen molar-refractivity contribution in [1.82, 2.24) is 0 Å². The van der Waals surface area contributed by atoms with Crippen LogP contribution in [0.5, 0.6) is 0 Å². The number of thiophene rings is 1. The monoisotopic (exact) mass is 411 g/mol. The minimum atomic E-state index is 0.773. The van der Waals surface area contributed by atoms with E-state index in [1.165, 1.54) is 11.2 Å². The molecule has 0 amide bonds. The number of nitriles is 1. The Morgan fingerprint density at radius 3 is 2.77 bits per heavy atom. The molecule has 1 heterocycles. The number of fused-ring (bicyclic) bond motifs is 1. The second-order valence-corrected chi connectivity index (χ2v) is 6.61. The van der Waals surface area contributed by atoms with E-state index in [1.807, 2.05) is 12.1 Å². The standard InChI is InChI=1S/C9H3I2NS/c10-7-2-1-5(4-12)6-3-8(11)13-9(6)7/h1-3H. The Kier molecular flexibility index (Phi) is 2.76. The first-order chi connectivity index (χ1) is 6.22. The normalized spacial score (nSPS) is 10.2. The molecule has 1 aromatic carbocycles. The Morgan fingerprint density at radius 1 is 1.31 bits per heavy atom. The fourth-order valence-electron chi connectivity index (χ4n) is 1.16. The third kappa shape index (κ3) is 1.69. The van der Waals surface area contributed by atoms with Crippen molar-refractivity contribution in [2.45, 2.75) is 0 Å². The summed E-state index contributed by atoms with van der Waals surface area (Å²) in [5, 5.41) is 9.97. The molecule has 64 valence electrons. The van der Waals surface area contributed by atoms with Crippen LogP contribution in [0.15, 0.2) is 18.2 Å². The highest BCUT2D eigenvalue weighted by atomic mass is 127. The van der Waals surface area contributed by atoms with Crippen LogP contribution in [0.4, 0.5) is 0 Å². The fraction of sp³-hybridized carbons (Fsp3) is 0. The molecular formula is C9H3I2NS.